The average molecular weight is 490 g/mol. The van der Waals surface area contributed by atoms with Crippen LogP contribution in [0, 0.1) is 5.82 Å². The van der Waals surface area contributed by atoms with Crippen LogP contribution in [-0.2, 0) is 24.1 Å². The van der Waals surface area contributed by atoms with Crippen LogP contribution in [0.3, 0.4) is 0 Å². The lowest BCUT2D eigenvalue weighted by atomic mass is 10.0. The topological polar surface area (TPSA) is 53.5 Å². The molecule has 176 valence electrons. The first kappa shape index (κ1) is 22.9. The molecule has 0 bridgehead atoms. The molecule has 1 fully saturated rings. The monoisotopic (exact) mass is 489 g/mol. The van der Waals surface area contributed by atoms with Gasteiger partial charge in [0.15, 0.2) is 0 Å². The van der Waals surface area contributed by atoms with E-state index in [1.54, 1.807) is 23.5 Å². The minimum absolute atomic E-state index is 0.238. The number of benzene rings is 1. The molecule has 0 radical (unpaired) electrons. The van der Waals surface area contributed by atoms with Gasteiger partial charge in [-0.3, -0.25) is 4.90 Å². The van der Waals surface area contributed by atoms with E-state index in [0.717, 1.165) is 61.0 Å². The van der Waals surface area contributed by atoms with Crippen LogP contribution >= 0.6 is 22.9 Å². The van der Waals surface area contributed by atoms with Crippen molar-refractivity contribution in [2.75, 3.05) is 52.3 Å². The Morgan fingerprint density at radius 1 is 1.24 bits per heavy atom. The number of aryl methyl sites for hydroxylation is 2. The van der Waals surface area contributed by atoms with E-state index in [0.29, 0.717) is 23.7 Å². The van der Waals surface area contributed by atoms with Gasteiger partial charge in [-0.05, 0) is 51.1 Å². The molecular formula is C24H29ClFN5OS. The number of aromatic nitrogens is 2. The largest absolute Gasteiger partial charge is 0.379 e. The van der Waals surface area contributed by atoms with E-state index in [2.05, 4.69) is 10.2 Å². The van der Waals surface area contributed by atoms with Crippen molar-refractivity contribution < 1.29 is 9.13 Å². The normalized spacial score (nSPS) is 17.6. The number of hydrogen-bond donors (Lipinski definition) is 1. The highest BCUT2D eigenvalue weighted by atomic mass is 35.5. The second kappa shape index (κ2) is 9.80. The number of hydrogen-bond acceptors (Lipinski definition) is 7. The highest BCUT2D eigenvalue weighted by Gasteiger charge is 2.25. The van der Waals surface area contributed by atoms with E-state index in [1.807, 2.05) is 19.0 Å². The van der Waals surface area contributed by atoms with Crippen molar-refractivity contribution in [1.82, 2.24) is 19.8 Å². The summed E-state index contributed by atoms with van der Waals surface area (Å²) in [6.45, 7) is 4.45. The SMILES string of the molecule is CN(C)[C@H](CNc1nc(CN2CCOCC2)nc2sc3c(c12)CCC3)c1c(F)cccc1Cl. The van der Waals surface area contributed by atoms with Gasteiger partial charge in [-0.25, -0.2) is 14.4 Å². The Morgan fingerprint density at radius 2 is 2.06 bits per heavy atom. The zero-order valence-corrected chi connectivity index (χ0v) is 20.6. The summed E-state index contributed by atoms with van der Waals surface area (Å²) in [5, 5.41) is 5.13. The zero-order valence-electron chi connectivity index (χ0n) is 19.0. The molecule has 1 saturated heterocycles. The second-order valence-corrected chi connectivity index (χ2v) is 10.4. The first-order valence-electron chi connectivity index (χ1n) is 11.5. The Labute approximate surface area is 202 Å². The molecule has 2 aliphatic rings. The number of likely N-dealkylation sites (N-methyl/N-ethyl adjacent to an activating group) is 1. The van der Waals surface area contributed by atoms with Gasteiger partial charge in [0, 0.05) is 35.1 Å². The molecule has 3 aromatic rings. The summed E-state index contributed by atoms with van der Waals surface area (Å²) in [6.07, 6.45) is 3.35. The van der Waals surface area contributed by atoms with Crippen molar-refractivity contribution in [3.63, 3.8) is 0 Å². The summed E-state index contributed by atoms with van der Waals surface area (Å²) in [6, 6.07) is 4.61. The number of rotatable bonds is 7. The standard InChI is InChI=1S/C24H29ClFN5OS/c1-30(2)18(22-16(25)6-4-7-17(22)26)13-27-23-21-15-5-3-8-19(15)33-24(21)29-20(28-23)14-31-9-11-32-12-10-31/h4,6-7,18H,3,5,8-14H2,1-2H3,(H,27,28,29)/t18-/m1/s1. The van der Waals surface area contributed by atoms with Crippen molar-refractivity contribution in [3.05, 3.63) is 50.9 Å². The average Bonchev–Trinajstić information content (AvgIpc) is 3.37. The van der Waals surface area contributed by atoms with Gasteiger partial charge in [0.25, 0.3) is 0 Å². The summed E-state index contributed by atoms with van der Waals surface area (Å²) < 4.78 is 20.2. The lowest BCUT2D eigenvalue weighted by Crippen LogP contribution is -2.36. The molecule has 1 N–H and O–H groups in total. The number of ether oxygens (including phenoxy) is 1. The highest BCUT2D eigenvalue weighted by molar-refractivity contribution is 7.19. The number of nitrogens with zero attached hydrogens (tertiary/aromatic N) is 4. The molecule has 9 heteroatoms. The Bertz CT molecular complexity index is 1130. The lowest BCUT2D eigenvalue weighted by Gasteiger charge is -2.27. The fourth-order valence-corrected chi connectivity index (χ4v) is 6.33. The molecule has 0 unspecified atom stereocenters. The van der Waals surface area contributed by atoms with Crippen LogP contribution < -0.4 is 5.32 Å². The molecule has 1 aromatic carbocycles. The van der Waals surface area contributed by atoms with Gasteiger partial charge in [-0.15, -0.1) is 11.3 Å². The summed E-state index contributed by atoms with van der Waals surface area (Å²) in [5.74, 6) is 1.37. The molecule has 6 nitrogen and oxygen atoms in total. The third-order valence-corrected chi connectivity index (χ3v) is 8.01. The van der Waals surface area contributed by atoms with Crippen molar-refractivity contribution >= 4 is 39.0 Å². The number of anilines is 1. The second-order valence-electron chi connectivity index (χ2n) is 8.91. The van der Waals surface area contributed by atoms with Crippen LogP contribution in [0.1, 0.15) is 34.3 Å². The van der Waals surface area contributed by atoms with E-state index in [4.69, 9.17) is 26.3 Å². The molecule has 0 saturated carbocycles. The molecule has 3 heterocycles. The third-order valence-electron chi connectivity index (χ3n) is 6.50. The highest BCUT2D eigenvalue weighted by Crippen LogP contribution is 2.40. The van der Waals surface area contributed by atoms with E-state index < -0.39 is 0 Å². The maximum atomic E-state index is 14.7. The Morgan fingerprint density at radius 3 is 2.82 bits per heavy atom. The Hall–Kier alpha value is -1.84. The summed E-state index contributed by atoms with van der Waals surface area (Å²) in [5.41, 5.74) is 1.88. The van der Waals surface area contributed by atoms with E-state index in [-0.39, 0.29) is 11.9 Å². The van der Waals surface area contributed by atoms with Gasteiger partial charge in [0.1, 0.15) is 22.3 Å². The van der Waals surface area contributed by atoms with E-state index >= 15 is 0 Å². The molecule has 0 amide bonds. The van der Waals surface area contributed by atoms with Crippen molar-refractivity contribution in [1.29, 1.82) is 0 Å². The zero-order chi connectivity index (χ0) is 22.9. The van der Waals surface area contributed by atoms with Gasteiger partial charge < -0.3 is 15.0 Å². The van der Waals surface area contributed by atoms with Crippen LogP contribution in [0.5, 0.6) is 0 Å². The van der Waals surface area contributed by atoms with Crippen molar-refractivity contribution in [2.45, 2.75) is 31.8 Å². The predicted molar refractivity (Wildman–Crippen MR) is 132 cm³/mol. The van der Waals surface area contributed by atoms with Crippen molar-refractivity contribution in [3.8, 4) is 0 Å². The number of nitrogens with one attached hydrogen (secondary N) is 1. The molecular weight excluding hydrogens is 461 g/mol. The summed E-state index contributed by atoms with van der Waals surface area (Å²) in [7, 11) is 3.88. The maximum absolute atomic E-state index is 14.7. The summed E-state index contributed by atoms with van der Waals surface area (Å²) >= 11 is 8.20. The molecule has 1 aliphatic carbocycles. The van der Waals surface area contributed by atoms with Crippen molar-refractivity contribution in [2.24, 2.45) is 0 Å². The number of thiophene rings is 1. The molecule has 0 spiro atoms. The smallest absolute Gasteiger partial charge is 0.146 e. The first-order chi connectivity index (χ1) is 16.0. The maximum Gasteiger partial charge on any atom is 0.146 e. The van der Waals surface area contributed by atoms with Gasteiger partial charge in [0.2, 0.25) is 0 Å². The Balaban J connectivity index is 1.47. The third kappa shape index (κ3) is 4.72. The van der Waals surface area contributed by atoms with Crippen LogP contribution in [0.4, 0.5) is 10.2 Å². The molecule has 1 atom stereocenters. The van der Waals surface area contributed by atoms with E-state index in [1.165, 1.54) is 22.9 Å². The summed E-state index contributed by atoms with van der Waals surface area (Å²) in [4.78, 5) is 16.7. The van der Waals surface area contributed by atoms with Crippen LogP contribution in [-0.4, -0.2) is 66.7 Å². The van der Waals surface area contributed by atoms with Crippen LogP contribution in [0.25, 0.3) is 10.2 Å². The number of morpholine rings is 1. The fourth-order valence-electron chi connectivity index (χ4n) is 4.76. The van der Waals surface area contributed by atoms with Gasteiger partial charge in [0.05, 0.1) is 31.2 Å². The predicted octanol–water partition coefficient (Wildman–Crippen LogP) is 4.52. The molecule has 1 aliphatic heterocycles. The van der Waals surface area contributed by atoms with Gasteiger partial charge >= 0.3 is 0 Å². The lowest BCUT2D eigenvalue weighted by molar-refractivity contribution is 0.0331. The van der Waals surface area contributed by atoms with Crippen LogP contribution in [0.2, 0.25) is 5.02 Å². The number of halogens is 2. The minimum atomic E-state index is -0.291. The minimum Gasteiger partial charge on any atom is -0.379 e. The quantitative estimate of drug-likeness (QED) is 0.526. The van der Waals surface area contributed by atoms with Gasteiger partial charge in [-0.1, -0.05) is 17.7 Å². The Kier molecular flexibility index (Phi) is 6.81. The molecule has 33 heavy (non-hydrogen) atoms. The van der Waals surface area contributed by atoms with Gasteiger partial charge in [-0.2, -0.15) is 0 Å². The van der Waals surface area contributed by atoms with Crippen LogP contribution in [0.15, 0.2) is 18.2 Å². The van der Waals surface area contributed by atoms with E-state index in [9.17, 15) is 4.39 Å². The molecule has 2 aromatic heterocycles. The number of fused-ring (bicyclic) bond motifs is 3. The fraction of sp³-hybridized carbons (Fsp3) is 0.500. The first-order valence-corrected chi connectivity index (χ1v) is 12.7. The molecule has 5 rings (SSSR count).